The van der Waals surface area contributed by atoms with E-state index >= 15 is 0 Å². The van der Waals surface area contributed by atoms with Crippen LogP contribution in [0.15, 0.2) is 34.9 Å². The highest BCUT2D eigenvalue weighted by molar-refractivity contribution is 5.57. The van der Waals surface area contributed by atoms with Crippen molar-refractivity contribution >= 4 is 0 Å². The molecule has 0 bridgehead atoms. The minimum absolute atomic E-state index is 0.794. The summed E-state index contributed by atoms with van der Waals surface area (Å²) < 4.78 is 0. The summed E-state index contributed by atoms with van der Waals surface area (Å²) in [7, 11) is 0. The van der Waals surface area contributed by atoms with E-state index in [-0.39, 0.29) is 0 Å². The van der Waals surface area contributed by atoms with Crippen LogP contribution in [-0.4, -0.2) is 6.54 Å². The smallest absolute Gasteiger partial charge is 0.00366 e. The first-order valence-corrected chi connectivity index (χ1v) is 6.22. The van der Waals surface area contributed by atoms with E-state index in [2.05, 4.69) is 18.2 Å². The van der Waals surface area contributed by atoms with Gasteiger partial charge < -0.3 is 5.73 Å². The monoisotopic (exact) mass is 199 g/mol. The van der Waals surface area contributed by atoms with E-state index in [0.29, 0.717) is 0 Å². The van der Waals surface area contributed by atoms with Crippen LogP contribution in [-0.2, 0) is 0 Å². The molecule has 0 amide bonds. The van der Waals surface area contributed by atoms with E-state index in [0.717, 1.165) is 36.6 Å². The summed E-state index contributed by atoms with van der Waals surface area (Å²) in [6.07, 6.45) is 11.5. The second kappa shape index (κ2) is 2.65. The van der Waals surface area contributed by atoms with E-state index < -0.39 is 0 Å². The molecule has 1 nitrogen and oxygen atoms in total. The first-order valence-electron chi connectivity index (χ1n) is 6.22. The molecule has 2 saturated carbocycles. The Morgan fingerprint density at radius 1 is 1.07 bits per heavy atom. The van der Waals surface area contributed by atoms with Crippen LogP contribution in [0.4, 0.5) is 0 Å². The van der Waals surface area contributed by atoms with Gasteiger partial charge in [0.2, 0.25) is 0 Å². The zero-order valence-electron chi connectivity index (χ0n) is 8.95. The molecule has 0 saturated heterocycles. The van der Waals surface area contributed by atoms with Crippen molar-refractivity contribution in [3.63, 3.8) is 0 Å². The molecule has 4 rings (SSSR count). The molecule has 0 radical (unpaired) electrons. The second-order valence-corrected chi connectivity index (χ2v) is 5.50. The zero-order chi connectivity index (χ0) is 9.99. The minimum atomic E-state index is 0.794. The van der Waals surface area contributed by atoms with Gasteiger partial charge in [0, 0.05) is 0 Å². The lowest BCUT2D eigenvalue weighted by Gasteiger charge is -2.22. The largest absolute Gasteiger partial charge is 0.330 e. The lowest BCUT2D eigenvalue weighted by molar-refractivity contribution is 0.812. The van der Waals surface area contributed by atoms with Gasteiger partial charge >= 0.3 is 0 Å². The number of hydrogen-bond acceptors (Lipinski definition) is 1. The standard InChI is InChI=1S/C14H17N/c15-2-1-8-3-11-7-13(11)14-6-10-4-9(10)5-12(8)14/h3,5-6,9-11,13H,1-2,4,7,15H2. The first-order chi connectivity index (χ1) is 7.36. The van der Waals surface area contributed by atoms with Gasteiger partial charge in [-0.25, -0.2) is 0 Å². The van der Waals surface area contributed by atoms with Crippen LogP contribution in [0.3, 0.4) is 0 Å². The number of allylic oxidation sites excluding steroid dienone is 5. The van der Waals surface area contributed by atoms with Crippen LogP contribution in [0.25, 0.3) is 0 Å². The normalized spacial score (nSPS) is 44.2. The minimum Gasteiger partial charge on any atom is -0.330 e. The maximum Gasteiger partial charge on any atom is -0.00366 e. The Labute approximate surface area is 90.7 Å². The SMILES string of the molecule is NCCC1=CC2CC2C2=CC3CC3C=C12. The van der Waals surface area contributed by atoms with Crippen molar-refractivity contribution in [3.8, 4) is 0 Å². The summed E-state index contributed by atoms with van der Waals surface area (Å²) in [6.45, 7) is 0.794. The van der Waals surface area contributed by atoms with Crippen LogP contribution < -0.4 is 5.73 Å². The highest BCUT2D eigenvalue weighted by atomic mass is 14.5. The predicted octanol–water partition coefficient (Wildman–Crippen LogP) is 2.41. The van der Waals surface area contributed by atoms with Gasteiger partial charge in [-0.2, -0.15) is 0 Å². The van der Waals surface area contributed by atoms with Crippen molar-refractivity contribution in [1.82, 2.24) is 0 Å². The zero-order valence-corrected chi connectivity index (χ0v) is 8.95. The first kappa shape index (κ1) is 8.35. The summed E-state index contributed by atoms with van der Waals surface area (Å²) in [6, 6.07) is 0. The summed E-state index contributed by atoms with van der Waals surface area (Å²) in [5.41, 5.74) is 10.5. The lowest BCUT2D eigenvalue weighted by Crippen LogP contribution is -2.10. The van der Waals surface area contributed by atoms with Gasteiger partial charge in [0.1, 0.15) is 0 Å². The maximum absolute atomic E-state index is 5.70. The highest BCUT2D eigenvalue weighted by Crippen LogP contribution is 2.59. The van der Waals surface area contributed by atoms with Gasteiger partial charge in [0.25, 0.3) is 0 Å². The summed E-state index contributed by atoms with van der Waals surface area (Å²) in [4.78, 5) is 0. The van der Waals surface area contributed by atoms with E-state index in [1.165, 1.54) is 12.8 Å². The number of hydrogen-bond donors (Lipinski definition) is 1. The maximum atomic E-state index is 5.70. The molecule has 78 valence electrons. The van der Waals surface area contributed by atoms with E-state index in [9.17, 15) is 0 Å². The molecule has 0 spiro atoms. The predicted molar refractivity (Wildman–Crippen MR) is 61.1 cm³/mol. The average Bonchev–Trinajstić information content (AvgIpc) is 3.09. The summed E-state index contributed by atoms with van der Waals surface area (Å²) in [5.74, 6) is 3.53. The van der Waals surface area contributed by atoms with Crippen molar-refractivity contribution in [3.05, 3.63) is 34.9 Å². The molecule has 0 aromatic heterocycles. The number of rotatable bonds is 2. The third-order valence-electron chi connectivity index (χ3n) is 4.39. The molecule has 2 N–H and O–H groups in total. The Bertz CT molecular complexity index is 413. The van der Waals surface area contributed by atoms with Gasteiger partial charge in [-0.15, -0.1) is 0 Å². The van der Waals surface area contributed by atoms with Crippen LogP contribution >= 0.6 is 0 Å². The molecule has 4 unspecified atom stereocenters. The van der Waals surface area contributed by atoms with Crippen LogP contribution in [0.2, 0.25) is 0 Å². The Morgan fingerprint density at radius 2 is 1.93 bits per heavy atom. The summed E-state index contributed by atoms with van der Waals surface area (Å²) in [5, 5.41) is 0. The molecule has 4 atom stereocenters. The molecule has 2 fully saturated rings. The third-order valence-corrected chi connectivity index (χ3v) is 4.39. The molecular weight excluding hydrogens is 182 g/mol. The molecule has 15 heavy (non-hydrogen) atoms. The Morgan fingerprint density at radius 3 is 2.80 bits per heavy atom. The fourth-order valence-corrected chi connectivity index (χ4v) is 3.34. The Kier molecular flexibility index (Phi) is 1.47. The molecule has 0 aromatic rings. The van der Waals surface area contributed by atoms with Gasteiger partial charge in [0.15, 0.2) is 0 Å². The van der Waals surface area contributed by atoms with Crippen molar-refractivity contribution in [2.24, 2.45) is 29.4 Å². The van der Waals surface area contributed by atoms with Crippen molar-refractivity contribution in [2.45, 2.75) is 19.3 Å². The van der Waals surface area contributed by atoms with Crippen LogP contribution in [0, 0.1) is 23.7 Å². The fourth-order valence-electron chi connectivity index (χ4n) is 3.34. The van der Waals surface area contributed by atoms with Crippen molar-refractivity contribution in [1.29, 1.82) is 0 Å². The Hall–Kier alpha value is -0.820. The fraction of sp³-hybridized carbons (Fsp3) is 0.571. The van der Waals surface area contributed by atoms with Crippen LogP contribution in [0.5, 0.6) is 0 Å². The molecule has 4 aliphatic carbocycles. The molecule has 0 aromatic carbocycles. The molecule has 0 aliphatic heterocycles. The second-order valence-electron chi connectivity index (χ2n) is 5.50. The summed E-state index contributed by atoms with van der Waals surface area (Å²) >= 11 is 0. The van der Waals surface area contributed by atoms with E-state index in [4.69, 9.17) is 5.73 Å². The number of fused-ring (bicyclic) bond motifs is 4. The average molecular weight is 199 g/mol. The van der Waals surface area contributed by atoms with Gasteiger partial charge in [-0.05, 0) is 66.2 Å². The highest BCUT2D eigenvalue weighted by Gasteiger charge is 2.47. The van der Waals surface area contributed by atoms with Crippen molar-refractivity contribution in [2.75, 3.05) is 6.54 Å². The number of nitrogens with two attached hydrogens (primary N) is 1. The molecule has 4 aliphatic rings. The van der Waals surface area contributed by atoms with Gasteiger partial charge in [-0.1, -0.05) is 18.2 Å². The molecule has 0 heterocycles. The molecule has 1 heteroatoms. The lowest BCUT2D eigenvalue weighted by atomic mass is 9.83. The molecular formula is C14H17N. The quantitative estimate of drug-likeness (QED) is 0.726. The Balaban J connectivity index is 1.78. The van der Waals surface area contributed by atoms with Crippen molar-refractivity contribution < 1.29 is 0 Å². The van der Waals surface area contributed by atoms with Crippen LogP contribution in [0.1, 0.15) is 19.3 Å². The van der Waals surface area contributed by atoms with Gasteiger partial charge in [0.05, 0.1) is 0 Å². The van der Waals surface area contributed by atoms with Gasteiger partial charge in [-0.3, -0.25) is 0 Å². The van der Waals surface area contributed by atoms with E-state index in [1.54, 1.807) is 16.7 Å². The topological polar surface area (TPSA) is 26.0 Å². The third kappa shape index (κ3) is 1.13. The van der Waals surface area contributed by atoms with E-state index in [1.807, 2.05) is 0 Å².